The highest BCUT2D eigenvalue weighted by molar-refractivity contribution is 5.90. The van der Waals surface area contributed by atoms with Crippen LogP contribution in [0, 0.1) is 0 Å². The Hall–Kier alpha value is -2.82. The Bertz CT molecular complexity index is 872. The average Bonchev–Trinajstić information content (AvgIpc) is 2.92. The number of phenols is 1. The molecule has 5 heteroatoms. The number of para-hydroxylation sites is 3. The predicted octanol–water partition coefficient (Wildman–Crippen LogP) is 4.46. The minimum Gasteiger partial charge on any atom is -0.506 e. The van der Waals surface area contributed by atoms with Crippen LogP contribution in [0.4, 0.5) is 17.5 Å². The monoisotopic (exact) mass is 334 g/mol. The molecule has 3 aromatic rings. The number of hydrogen-bond donors (Lipinski definition) is 2. The minimum absolute atomic E-state index is 0.190. The molecule has 1 saturated heterocycles. The standard InChI is InChI=1S/C20H22N4O/c25-18-12-6-5-11-17(18)22-20-21-16-10-4-3-9-15(16)19(23-20)24-13-7-1-2-8-14-24/h3-6,9-12,25H,1-2,7-8,13-14H2,(H,21,22,23). The molecule has 1 aliphatic heterocycles. The Balaban J connectivity index is 1.76. The fourth-order valence-electron chi connectivity index (χ4n) is 3.34. The zero-order valence-corrected chi connectivity index (χ0v) is 14.2. The molecule has 0 spiro atoms. The Kier molecular flexibility index (Phi) is 4.37. The van der Waals surface area contributed by atoms with Gasteiger partial charge < -0.3 is 15.3 Å². The lowest BCUT2D eigenvalue weighted by molar-refractivity contribution is 0.477. The van der Waals surface area contributed by atoms with Crippen molar-refractivity contribution < 1.29 is 5.11 Å². The Morgan fingerprint density at radius 1 is 0.840 bits per heavy atom. The number of anilines is 3. The summed E-state index contributed by atoms with van der Waals surface area (Å²) in [5.74, 6) is 1.68. The van der Waals surface area contributed by atoms with Crippen LogP contribution in [0.3, 0.4) is 0 Å². The third-order valence-corrected chi connectivity index (χ3v) is 4.64. The van der Waals surface area contributed by atoms with Crippen LogP contribution < -0.4 is 10.2 Å². The number of aromatic nitrogens is 2. The fourth-order valence-corrected chi connectivity index (χ4v) is 3.34. The van der Waals surface area contributed by atoms with Gasteiger partial charge in [0.1, 0.15) is 11.6 Å². The molecule has 128 valence electrons. The molecule has 2 aromatic carbocycles. The van der Waals surface area contributed by atoms with Crippen molar-refractivity contribution in [2.24, 2.45) is 0 Å². The molecular weight excluding hydrogens is 312 g/mol. The molecule has 0 aliphatic carbocycles. The molecule has 0 unspecified atom stereocenters. The van der Waals surface area contributed by atoms with Gasteiger partial charge in [0.25, 0.3) is 0 Å². The van der Waals surface area contributed by atoms with Crippen LogP contribution in [0.1, 0.15) is 25.7 Å². The Labute approximate surface area is 147 Å². The maximum absolute atomic E-state index is 10.0. The second kappa shape index (κ2) is 6.97. The molecule has 0 saturated carbocycles. The van der Waals surface area contributed by atoms with E-state index < -0.39 is 0 Å². The maximum atomic E-state index is 10.0. The molecule has 2 N–H and O–H groups in total. The molecule has 2 heterocycles. The summed E-state index contributed by atoms with van der Waals surface area (Å²) in [5.41, 5.74) is 1.52. The SMILES string of the molecule is Oc1ccccc1Nc1nc(N2CCCCCC2)c2ccccc2n1. The van der Waals surface area contributed by atoms with Crippen LogP contribution in [-0.4, -0.2) is 28.2 Å². The molecular formula is C20H22N4O. The van der Waals surface area contributed by atoms with Gasteiger partial charge in [-0.2, -0.15) is 4.98 Å². The van der Waals surface area contributed by atoms with Gasteiger partial charge in [0.05, 0.1) is 11.2 Å². The number of aromatic hydroxyl groups is 1. The highest BCUT2D eigenvalue weighted by Crippen LogP contribution is 2.30. The van der Waals surface area contributed by atoms with Crippen LogP contribution in [0.2, 0.25) is 0 Å². The molecule has 1 aromatic heterocycles. The largest absolute Gasteiger partial charge is 0.506 e. The van der Waals surface area contributed by atoms with Gasteiger partial charge in [-0.25, -0.2) is 4.98 Å². The molecule has 25 heavy (non-hydrogen) atoms. The van der Waals surface area contributed by atoms with E-state index in [1.165, 1.54) is 25.7 Å². The van der Waals surface area contributed by atoms with Crippen LogP contribution in [0.5, 0.6) is 5.75 Å². The van der Waals surface area contributed by atoms with Crippen molar-refractivity contribution in [2.45, 2.75) is 25.7 Å². The van der Waals surface area contributed by atoms with Crippen molar-refractivity contribution in [3.63, 3.8) is 0 Å². The second-order valence-corrected chi connectivity index (χ2v) is 6.43. The molecule has 0 bridgehead atoms. The van der Waals surface area contributed by atoms with Gasteiger partial charge in [0.2, 0.25) is 5.95 Å². The average molecular weight is 334 g/mol. The van der Waals surface area contributed by atoms with Crippen molar-refractivity contribution in [3.05, 3.63) is 48.5 Å². The lowest BCUT2D eigenvalue weighted by Crippen LogP contribution is -2.25. The molecule has 0 amide bonds. The maximum Gasteiger partial charge on any atom is 0.229 e. The summed E-state index contributed by atoms with van der Waals surface area (Å²) in [6.07, 6.45) is 4.95. The van der Waals surface area contributed by atoms with Gasteiger partial charge in [0, 0.05) is 18.5 Å². The van der Waals surface area contributed by atoms with Gasteiger partial charge in [-0.15, -0.1) is 0 Å². The lowest BCUT2D eigenvalue weighted by Gasteiger charge is -2.23. The number of nitrogens with one attached hydrogen (secondary N) is 1. The third-order valence-electron chi connectivity index (χ3n) is 4.64. The van der Waals surface area contributed by atoms with Crippen molar-refractivity contribution in [3.8, 4) is 5.75 Å². The smallest absolute Gasteiger partial charge is 0.229 e. The van der Waals surface area contributed by atoms with Crippen LogP contribution in [0.15, 0.2) is 48.5 Å². The van der Waals surface area contributed by atoms with E-state index in [4.69, 9.17) is 4.98 Å². The topological polar surface area (TPSA) is 61.3 Å². The van der Waals surface area contributed by atoms with E-state index in [1.54, 1.807) is 12.1 Å². The molecule has 4 rings (SSSR count). The number of benzene rings is 2. The Morgan fingerprint density at radius 3 is 2.36 bits per heavy atom. The summed E-state index contributed by atoms with van der Waals surface area (Å²) in [5, 5.41) is 14.2. The van der Waals surface area contributed by atoms with Gasteiger partial charge in [-0.1, -0.05) is 37.1 Å². The van der Waals surface area contributed by atoms with Crippen molar-refractivity contribution >= 4 is 28.4 Å². The highest BCUT2D eigenvalue weighted by Gasteiger charge is 2.16. The first-order chi connectivity index (χ1) is 12.3. The zero-order valence-electron chi connectivity index (χ0n) is 14.2. The highest BCUT2D eigenvalue weighted by atomic mass is 16.3. The quantitative estimate of drug-likeness (QED) is 0.693. The van der Waals surface area contributed by atoms with Gasteiger partial charge in [-0.3, -0.25) is 0 Å². The van der Waals surface area contributed by atoms with E-state index in [-0.39, 0.29) is 5.75 Å². The van der Waals surface area contributed by atoms with Crippen molar-refractivity contribution in [2.75, 3.05) is 23.3 Å². The first kappa shape index (κ1) is 15.7. The van der Waals surface area contributed by atoms with E-state index in [1.807, 2.05) is 30.3 Å². The summed E-state index contributed by atoms with van der Waals surface area (Å²) in [7, 11) is 0. The normalized spacial score (nSPS) is 15.1. The number of phenolic OH excluding ortho intramolecular Hbond substituents is 1. The van der Waals surface area contributed by atoms with Crippen LogP contribution in [0.25, 0.3) is 10.9 Å². The second-order valence-electron chi connectivity index (χ2n) is 6.43. The third kappa shape index (κ3) is 3.36. The van der Waals surface area contributed by atoms with Crippen molar-refractivity contribution in [1.82, 2.24) is 9.97 Å². The number of nitrogens with zero attached hydrogens (tertiary/aromatic N) is 3. The summed E-state index contributed by atoms with van der Waals surface area (Å²) < 4.78 is 0. The molecule has 1 fully saturated rings. The van der Waals surface area contributed by atoms with E-state index in [0.717, 1.165) is 29.8 Å². The first-order valence-corrected chi connectivity index (χ1v) is 8.88. The van der Waals surface area contributed by atoms with E-state index in [2.05, 4.69) is 21.3 Å². The first-order valence-electron chi connectivity index (χ1n) is 8.88. The summed E-state index contributed by atoms with van der Waals surface area (Å²) >= 11 is 0. The van der Waals surface area contributed by atoms with Crippen LogP contribution >= 0.6 is 0 Å². The summed E-state index contributed by atoms with van der Waals surface area (Å²) in [4.78, 5) is 11.8. The summed E-state index contributed by atoms with van der Waals surface area (Å²) in [6, 6.07) is 15.3. The van der Waals surface area contributed by atoms with E-state index in [9.17, 15) is 5.11 Å². The minimum atomic E-state index is 0.190. The van der Waals surface area contributed by atoms with E-state index >= 15 is 0 Å². The molecule has 0 atom stereocenters. The Morgan fingerprint density at radius 2 is 1.56 bits per heavy atom. The van der Waals surface area contributed by atoms with Crippen molar-refractivity contribution in [1.29, 1.82) is 0 Å². The molecule has 0 radical (unpaired) electrons. The number of rotatable bonds is 3. The summed E-state index contributed by atoms with van der Waals surface area (Å²) in [6.45, 7) is 2.05. The lowest BCUT2D eigenvalue weighted by atomic mass is 10.2. The fraction of sp³-hybridized carbons (Fsp3) is 0.300. The van der Waals surface area contributed by atoms with Gasteiger partial charge in [-0.05, 0) is 37.1 Å². The zero-order chi connectivity index (χ0) is 17.1. The van der Waals surface area contributed by atoms with Gasteiger partial charge in [0.15, 0.2) is 0 Å². The number of hydrogen-bond acceptors (Lipinski definition) is 5. The van der Waals surface area contributed by atoms with Gasteiger partial charge >= 0.3 is 0 Å². The predicted molar refractivity (Wildman–Crippen MR) is 102 cm³/mol. The molecule has 5 nitrogen and oxygen atoms in total. The van der Waals surface area contributed by atoms with Crippen LogP contribution in [-0.2, 0) is 0 Å². The number of fused-ring (bicyclic) bond motifs is 1. The van der Waals surface area contributed by atoms with E-state index in [0.29, 0.717) is 11.6 Å². The molecule has 1 aliphatic rings.